The third-order valence-corrected chi connectivity index (χ3v) is 4.45. The zero-order chi connectivity index (χ0) is 13.4. The Bertz CT molecular complexity index is 604. The number of aliphatic imine (C=N–C) groups is 1. The third-order valence-electron chi connectivity index (χ3n) is 3.39. The Morgan fingerprint density at radius 2 is 2.21 bits per heavy atom. The lowest BCUT2D eigenvalue weighted by Crippen LogP contribution is -2.34. The van der Waals surface area contributed by atoms with Gasteiger partial charge >= 0.3 is 0 Å². The maximum atomic E-state index is 12.3. The van der Waals surface area contributed by atoms with Gasteiger partial charge in [-0.25, -0.2) is 4.99 Å². The van der Waals surface area contributed by atoms with E-state index in [-0.39, 0.29) is 5.91 Å². The van der Waals surface area contributed by atoms with Crippen molar-refractivity contribution < 1.29 is 4.79 Å². The second-order valence-electron chi connectivity index (χ2n) is 4.94. The van der Waals surface area contributed by atoms with Crippen LogP contribution in [0.4, 0.5) is 0 Å². The Balaban J connectivity index is 1.96. The van der Waals surface area contributed by atoms with Crippen molar-refractivity contribution in [2.75, 3.05) is 12.3 Å². The Morgan fingerprint density at radius 3 is 2.95 bits per heavy atom. The molecule has 0 unspecified atom stereocenters. The maximum Gasteiger partial charge on any atom is 0.278 e. The van der Waals surface area contributed by atoms with E-state index in [1.54, 1.807) is 16.7 Å². The highest BCUT2D eigenvalue weighted by Crippen LogP contribution is 2.28. The van der Waals surface area contributed by atoms with Gasteiger partial charge < -0.3 is 0 Å². The molecule has 1 fully saturated rings. The number of benzene rings is 1. The Hall–Kier alpha value is -1.55. The van der Waals surface area contributed by atoms with Gasteiger partial charge in [-0.15, -0.1) is 0 Å². The largest absolute Gasteiger partial charge is 0.286 e. The molecule has 0 aliphatic carbocycles. The minimum Gasteiger partial charge on any atom is -0.286 e. The van der Waals surface area contributed by atoms with E-state index in [4.69, 9.17) is 0 Å². The third kappa shape index (κ3) is 2.32. The fourth-order valence-electron chi connectivity index (χ4n) is 2.36. The van der Waals surface area contributed by atoms with Crippen molar-refractivity contribution in [3.8, 4) is 0 Å². The predicted octanol–water partition coefficient (Wildman–Crippen LogP) is 2.98. The number of hydrogen-bond acceptors (Lipinski definition) is 3. The molecular weight excluding hydrogens is 256 g/mol. The molecule has 1 aromatic rings. The highest BCUT2D eigenvalue weighted by atomic mass is 32.2. The van der Waals surface area contributed by atoms with Crippen molar-refractivity contribution in [1.82, 2.24) is 4.90 Å². The maximum absolute atomic E-state index is 12.3. The molecule has 19 heavy (non-hydrogen) atoms. The summed E-state index contributed by atoms with van der Waals surface area (Å²) in [5, 5.41) is 0.868. The van der Waals surface area contributed by atoms with Crippen molar-refractivity contribution in [1.29, 1.82) is 0 Å². The van der Waals surface area contributed by atoms with Crippen LogP contribution in [0, 0.1) is 13.8 Å². The van der Waals surface area contributed by atoms with E-state index in [9.17, 15) is 4.79 Å². The summed E-state index contributed by atoms with van der Waals surface area (Å²) in [6.45, 7) is 4.94. The van der Waals surface area contributed by atoms with Crippen LogP contribution in [0.25, 0.3) is 6.08 Å². The zero-order valence-corrected chi connectivity index (χ0v) is 12.0. The lowest BCUT2D eigenvalue weighted by molar-refractivity contribution is -0.122. The first-order valence-electron chi connectivity index (χ1n) is 6.47. The number of amidine groups is 1. The van der Waals surface area contributed by atoms with E-state index >= 15 is 0 Å². The minimum atomic E-state index is 0.0437. The predicted molar refractivity (Wildman–Crippen MR) is 80.1 cm³/mol. The molecule has 0 saturated carbocycles. The lowest BCUT2D eigenvalue weighted by Gasteiger charge is -2.21. The summed E-state index contributed by atoms with van der Waals surface area (Å²) >= 11 is 1.67. The molecule has 0 bridgehead atoms. The van der Waals surface area contributed by atoms with Crippen LogP contribution in [-0.2, 0) is 4.79 Å². The zero-order valence-electron chi connectivity index (χ0n) is 11.1. The normalized spacial score (nSPS) is 20.7. The highest BCUT2D eigenvalue weighted by Gasteiger charge is 2.32. The van der Waals surface area contributed by atoms with Crippen molar-refractivity contribution in [3.05, 3.63) is 40.6 Å². The van der Waals surface area contributed by atoms with Crippen LogP contribution in [0.3, 0.4) is 0 Å². The number of fused-ring (bicyclic) bond motifs is 1. The first kappa shape index (κ1) is 12.5. The van der Waals surface area contributed by atoms with Crippen molar-refractivity contribution in [2.24, 2.45) is 4.99 Å². The second kappa shape index (κ2) is 4.85. The smallest absolute Gasteiger partial charge is 0.278 e. The van der Waals surface area contributed by atoms with E-state index < -0.39 is 0 Å². The summed E-state index contributed by atoms with van der Waals surface area (Å²) in [6.07, 6.45) is 2.95. The molecule has 0 atom stereocenters. The number of rotatable bonds is 1. The van der Waals surface area contributed by atoms with E-state index in [1.807, 2.05) is 6.08 Å². The van der Waals surface area contributed by atoms with Crippen molar-refractivity contribution in [3.63, 3.8) is 0 Å². The molecule has 1 saturated heterocycles. The van der Waals surface area contributed by atoms with Crippen LogP contribution >= 0.6 is 11.8 Å². The van der Waals surface area contributed by atoms with Gasteiger partial charge in [0.05, 0.1) is 0 Å². The number of thioether (sulfide) groups is 1. The molecule has 1 aromatic carbocycles. The number of hydrogen-bond donors (Lipinski definition) is 0. The van der Waals surface area contributed by atoms with Gasteiger partial charge in [0.1, 0.15) is 5.70 Å². The molecule has 1 amide bonds. The fourth-order valence-corrected chi connectivity index (χ4v) is 3.31. The van der Waals surface area contributed by atoms with Gasteiger partial charge in [0.25, 0.3) is 5.91 Å². The molecule has 2 aliphatic rings. The van der Waals surface area contributed by atoms with Gasteiger partial charge in [-0.1, -0.05) is 35.5 Å². The quantitative estimate of drug-likeness (QED) is 0.736. The first-order valence-corrected chi connectivity index (χ1v) is 7.46. The summed E-state index contributed by atoms with van der Waals surface area (Å²) in [4.78, 5) is 18.5. The molecule has 98 valence electrons. The van der Waals surface area contributed by atoms with Gasteiger partial charge in [0.15, 0.2) is 5.17 Å². The van der Waals surface area contributed by atoms with Gasteiger partial charge in [0, 0.05) is 12.3 Å². The molecule has 2 heterocycles. The van der Waals surface area contributed by atoms with Gasteiger partial charge in [-0.3, -0.25) is 9.69 Å². The average molecular weight is 272 g/mol. The fraction of sp³-hybridized carbons (Fsp3) is 0.333. The lowest BCUT2D eigenvalue weighted by atomic mass is 10.0. The summed E-state index contributed by atoms with van der Waals surface area (Å²) in [5.74, 6) is 1.10. The Morgan fingerprint density at radius 1 is 1.37 bits per heavy atom. The van der Waals surface area contributed by atoms with Crippen molar-refractivity contribution in [2.45, 2.75) is 20.3 Å². The summed E-state index contributed by atoms with van der Waals surface area (Å²) in [7, 11) is 0. The molecule has 3 rings (SSSR count). The monoisotopic (exact) mass is 272 g/mol. The average Bonchev–Trinajstić information content (AvgIpc) is 2.70. The first-order chi connectivity index (χ1) is 9.15. The van der Waals surface area contributed by atoms with Crippen LogP contribution < -0.4 is 0 Å². The topological polar surface area (TPSA) is 32.7 Å². The van der Waals surface area contributed by atoms with Gasteiger partial charge in [-0.05, 0) is 37.5 Å². The van der Waals surface area contributed by atoms with E-state index in [1.165, 1.54) is 11.1 Å². The molecule has 2 aliphatic heterocycles. The van der Waals surface area contributed by atoms with Crippen LogP contribution in [0.5, 0.6) is 0 Å². The molecule has 0 spiro atoms. The van der Waals surface area contributed by atoms with E-state index in [0.29, 0.717) is 5.70 Å². The molecule has 0 radical (unpaired) electrons. The number of carbonyl (C=O) groups is 1. The molecule has 0 aromatic heterocycles. The van der Waals surface area contributed by atoms with E-state index in [0.717, 1.165) is 29.4 Å². The molecule has 0 N–H and O–H groups in total. The number of carbonyl (C=O) groups excluding carboxylic acids is 1. The van der Waals surface area contributed by atoms with Gasteiger partial charge in [0.2, 0.25) is 0 Å². The second-order valence-corrected chi connectivity index (χ2v) is 6.00. The summed E-state index contributed by atoms with van der Waals surface area (Å²) in [5.41, 5.74) is 4.05. The van der Waals surface area contributed by atoms with Crippen LogP contribution in [0.2, 0.25) is 0 Å². The van der Waals surface area contributed by atoms with Crippen LogP contribution in [-0.4, -0.2) is 28.3 Å². The van der Waals surface area contributed by atoms with Crippen molar-refractivity contribution >= 4 is 28.9 Å². The standard InChI is InChI=1S/C15H16N2OS/c1-10-4-5-12(11(2)8-10)9-13-14(18)17-6-3-7-19-15(17)16-13/h4-5,8-9H,3,6-7H2,1-2H3/b13-9-. The van der Waals surface area contributed by atoms with Crippen LogP contribution in [0.1, 0.15) is 23.1 Å². The van der Waals surface area contributed by atoms with E-state index in [2.05, 4.69) is 37.0 Å². The number of nitrogens with zero attached hydrogens (tertiary/aromatic N) is 2. The highest BCUT2D eigenvalue weighted by molar-refractivity contribution is 8.13. The summed E-state index contributed by atoms with van der Waals surface area (Å²) in [6, 6.07) is 6.24. The molecule has 3 nitrogen and oxygen atoms in total. The van der Waals surface area contributed by atoms with Crippen LogP contribution in [0.15, 0.2) is 28.9 Å². The summed E-state index contributed by atoms with van der Waals surface area (Å²) < 4.78 is 0. The molecule has 4 heteroatoms. The molecular formula is C15H16N2OS. The van der Waals surface area contributed by atoms with Gasteiger partial charge in [-0.2, -0.15) is 0 Å². The Kier molecular flexibility index (Phi) is 3.19. The Labute approximate surface area is 117 Å². The minimum absolute atomic E-state index is 0.0437. The number of aryl methyl sites for hydroxylation is 2. The number of amides is 1. The SMILES string of the molecule is Cc1ccc(/C=C2\N=C3SCCCN3C2=O)c(C)c1.